The number of nitrogens with two attached hydrogens (primary N) is 5. The topological polar surface area (TPSA) is 833 Å². The van der Waals surface area contributed by atoms with Crippen LogP contribution in [0.1, 0.15) is 134 Å². The number of aliphatic hydroxyl groups is 1. The molecule has 774 valence electrons. The first-order chi connectivity index (χ1) is 67.4. The summed E-state index contributed by atoms with van der Waals surface area (Å²) in [5.41, 5.74) is 29.4. The van der Waals surface area contributed by atoms with Gasteiger partial charge in [0, 0.05) is 87.3 Å². The third kappa shape index (κ3) is 36.0. The second-order valence-corrected chi connectivity index (χ2v) is 35.8. The number of benzene rings is 3. The SMILES string of the molecule is CC[C@H](C)[C@H](NC(=O)[C@H](CCCNC(=N)N)NC(=O)[C@@H](NC(=O)[C@H](Cc1c[nH]cn1)NC(=O)[C@H](CCCNC(=N)N)NC(=O)[C@H](C)NC(=O)[C@H](Cc1c[nH]c2ccccc12)NC(=O)[C@H](CS)N1SCC(=O)N[C@@H](Cc2ccc(O)cc2)C(=O)N2CCC[C@H]2C(=O)N[C@@H](Cc2ccc(O)cc2)C(=O)N[C@@H](CO)C1=O)C(C)C)C(=O)N[C@@H](CCCNC(=N)N)C(=O)N[C@H](CCC(=O)O)C(=O)N[C@@H](CC(N)=O)C(N)=O. The summed E-state index contributed by atoms with van der Waals surface area (Å²) in [6.07, 6.45) is 0.745. The van der Waals surface area contributed by atoms with E-state index in [0.717, 1.165) is 4.31 Å². The molecule has 142 heavy (non-hydrogen) atoms. The van der Waals surface area contributed by atoms with Gasteiger partial charge in [0.2, 0.25) is 94.5 Å². The number of phenols is 2. The normalized spacial score (nSPS) is 17.7. The van der Waals surface area contributed by atoms with Gasteiger partial charge < -0.3 is 149 Å². The Morgan fingerprint density at radius 3 is 1.54 bits per heavy atom. The number of aliphatic hydroxyl groups excluding tert-OH is 1. The molecule has 4 heterocycles. The van der Waals surface area contributed by atoms with E-state index in [2.05, 4.69) is 113 Å². The van der Waals surface area contributed by atoms with Gasteiger partial charge in [-0.15, -0.1) is 0 Å². The second-order valence-electron chi connectivity index (χ2n) is 34.5. The van der Waals surface area contributed by atoms with Crippen molar-refractivity contribution in [3.05, 3.63) is 114 Å². The van der Waals surface area contributed by atoms with Gasteiger partial charge in [-0.25, -0.2) is 4.98 Å². The number of carboxylic acids is 1. The number of fused-ring (bicyclic) bond motifs is 2. The lowest BCUT2D eigenvalue weighted by Gasteiger charge is -2.34. The van der Waals surface area contributed by atoms with Crippen LogP contribution in [-0.4, -0.2) is 304 Å². The third-order valence-electron chi connectivity index (χ3n) is 23.3. The fourth-order valence-corrected chi connectivity index (χ4v) is 16.8. The Balaban J connectivity index is 1.15. The van der Waals surface area contributed by atoms with Gasteiger partial charge in [0.1, 0.15) is 102 Å². The zero-order valence-electron chi connectivity index (χ0n) is 79.0. The predicted octanol–water partition coefficient (Wildman–Crippen LogP) is -6.62. The Kier molecular flexibility index (Phi) is 45.1. The average Bonchev–Trinajstić information content (AvgIpc) is 1.56. The number of nitrogens with one attached hydrogen (secondary N) is 21. The Labute approximate surface area is 826 Å². The first kappa shape index (κ1) is 114. The number of amides is 17. The standard InChI is InChI=1S/C89H129N29O22S2/c1-6-45(4)71(84(138)109-56(16-10-30-100-88(94)95)74(128)107-58(27-28-69(124)125)76(130)110-59(72(91)126)37-67(90)122)116-77(131)57(17-11-31-101-89(96)97)108-83(137)70(44(2)3)115-80(134)62(36-50-39-98-43-103-50)111-75(129)55(15-9-29-99-87(92)93)106-73(127)46(5)104-78(132)61(35-49-38-102-54-14-8-7-13-53(49)54)113-82(136)66(41-141)118-86(140)64(40-119)114-79(133)60(33-47-19-23-51(120)24-20-47)112-81(135)65-18-12-32-117(65)85(139)63(105-68(123)42-142-118)34-48-21-25-52(121)26-22-48/h7-8,13-14,19-26,38-39,43-46,55-66,70-71,102,119-121,141H,6,9-12,15-18,27-37,40-42H2,1-5H3,(H2,90,122)(H2,91,126)(H,98,103)(H,104,132)(H,105,123)(H,106,127)(H,107,128)(H,108,137)(H,109,138)(H,110,130)(H,111,129)(H,112,135)(H,113,136)(H,114,133)(H,115,134)(H,116,131)(H,124,125)(H4,92,93,99)(H4,94,95,100)(H4,96,97,101)/t45-,46-,55-,56-,57-,58+,59-,60-,61-,62-,63-,64-,65-,66-,70-,71-/m0/s1. The highest BCUT2D eigenvalue weighted by Gasteiger charge is 2.44. The minimum absolute atomic E-state index is 0.00411. The lowest BCUT2D eigenvalue weighted by molar-refractivity contribution is -0.142. The maximum Gasteiger partial charge on any atom is 0.303 e. The average molecular weight is 2020 g/mol. The molecule has 3 aromatic carbocycles. The number of H-pyrrole nitrogens is 2. The van der Waals surface area contributed by atoms with E-state index in [9.17, 15) is 82.8 Å². The number of nitrogens with zero attached hydrogens (tertiary/aromatic N) is 3. The van der Waals surface area contributed by atoms with Crippen molar-refractivity contribution >= 4 is 160 Å². The minimum atomic E-state index is -1.95. The molecule has 7 rings (SSSR count). The van der Waals surface area contributed by atoms with E-state index in [4.69, 9.17) is 44.9 Å². The zero-order valence-corrected chi connectivity index (χ0v) is 80.7. The number of phenolic OH excluding ortho intramolecular Hbond substituents is 2. The number of aliphatic carboxylic acids is 1. The van der Waals surface area contributed by atoms with Gasteiger partial charge in [0.15, 0.2) is 17.9 Å². The fourth-order valence-electron chi connectivity index (χ4n) is 15.4. The number of rotatable bonds is 52. The van der Waals surface area contributed by atoms with E-state index < -0.39 is 271 Å². The van der Waals surface area contributed by atoms with E-state index in [-0.39, 0.29) is 114 Å². The first-order valence-corrected chi connectivity index (χ1v) is 47.5. The van der Waals surface area contributed by atoms with Crippen LogP contribution in [-0.2, 0) is 112 Å². The number of hydrogen-bond donors (Lipinski definition) is 31. The van der Waals surface area contributed by atoms with E-state index in [1.807, 2.05) is 0 Å². The molecule has 17 amide bonds. The van der Waals surface area contributed by atoms with Crippen LogP contribution in [0.5, 0.6) is 11.5 Å². The van der Waals surface area contributed by atoms with Crippen LogP contribution in [0.2, 0.25) is 0 Å². The summed E-state index contributed by atoms with van der Waals surface area (Å²) in [7, 11) is 0. The number of aromatic hydroxyl groups is 2. The molecule has 0 unspecified atom stereocenters. The number of carbonyl (C=O) groups excluding carboxylic acids is 17. The van der Waals surface area contributed by atoms with Crippen molar-refractivity contribution in [2.75, 3.05) is 44.3 Å². The maximum atomic E-state index is 15.4. The Hall–Kier alpha value is -15.1. The number of carboxylic acid groups (broad SMARTS) is 1. The smallest absolute Gasteiger partial charge is 0.303 e. The van der Waals surface area contributed by atoms with E-state index >= 15 is 24.0 Å². The molecular weight excluding hydrogens is 1890 g/mol. The molecule has 0 spiro atoms. The van der Waals surface area contributed by atoms with Crippen molar-refractivity contribution in [2.45, 2.75) is 228 Å². The number of aromatic amines is 2. The van der Waals surface area contributed by atoms with Crippen molar-refractivity contribution in [3.63, 3.8) is 0 Å². The quantitative estimate of drug-likeness (QED) is 0.00566. The monoisotopic (exact) mass is 2020 g/mol. The number of thiol groups is 1. The van der Waals surface area contributed by atoms with Crippen LogP contribution in [0.25, 0.3) is 10.9 Å². The van der Waals surface area contributed by atoms with E-state index in [0.29, 0.717) is 46.0 Å². The van der Waals surface area contributed by atoms with Crippen molar-refractivity contribution in [1.82, 2.24) is 109 Å². The zero-order chi connectivity index (χ0) is 105. The number of hydrogen-bond acceptors (Lipinski definition) is 27. The molecule has 2 aromatic heterocycles. The molecule has 2 aliphatic heterocycles. The van der Waals surface area contributed by atoms with Crippen LogP contribution in [0.4, 0.5) is 0 Å². The Morgan fingerprint density at radius 2 is 1.02 bits per heavy atom. The summed E-state index contributed by atoms with van der Waals surface area (Å²) in [5.74, 6) is -23.4. The number of imidazole rings is 1. The highest BCUT2D eigenvalue weighted by atomic mass is 32.2. The second kappa shape index (κ2) is 56.3. The summed E-state index contributed by atoms with van der Waals surface area (Å²) < 4.78 is 0.754. The maximum absolute atomic E-state index is 15.4. The van der Waals surface area contributed by atoms with E-state index in [1.54, 1.807) is 44.3 Å². The number of para-hydroxylation sites is 1. The van der Waals surface area contributed by atoms with Gasteiger partial charge in [-0.2, -0.15) is 12.6 Å². The number of guanidine groups is 3. The van der Waals surface area contributed by atoms with Gasteiger partial charge in [0.25, 0.3) is 5.91 Å². The molecule has 0 radical (unpaired) electrons. The van der Waals surface area contributed by atoms with Gasteiger partial charge in [0.05, 0.1) is 30.8 Å². The summed E-state index contributed by atoms with van der Waals surface area (Å²) in [6, 6.07) is -6.07. The van der Waals surface area contributed by atoms with Crippen molar-refractivity contribution in [3.8, 4) is 11.5 Å². The largest absolute Gasteiger partial charge is 0.508 e. The lowest BCUT2D eigenvalue weighted by atomic mass is 9.96. The summed E-state index contributed by atoms with van der Waals surface area (Å²) in [5, 5.41) is 106. The van der Waals surface area contributed by atoms with Crippen LogP contribution < -0.4 is 114 Å². The van der Waals surface area contributed by atoms with Crippen molar-refractivity contribution in [1.29, 1.82) is 16.2 Å². The number of primary amides is 2. The lowest BCUT2D eigenvalue weighted by Crippen LogP contribution is -2.62. The number of aromatic nitrogens is 3. The molecule has 0 saturated carbocycles. The molecule has 2 saturated heterocycles. The molecule has 0 bridgehead atoms. The summed E-state index contributed by atoms with van der Waals surface area (Å²) in [4.78, 5) is 269. The van der Waals surface area contributed by atoms with Gasteiger partial charge in [-0.1, -0.05) is 76.6 Å². The molecule has 2 fully saturated rings. The van der Waals surface area contributed by atoms with Crippen LogP contribution in [0.15, 0.2) is 91.5 Å². The van der Waals surface area contributed by atoms with Crippen LogP contribution in [0, 0.1) is 28.1 Å². The highest BCUT2D eigenvalue weighted by molar-refractivity contribution is 7.98. The van der Waals surface area contributed by atoms with Crippen molar-refractivity contribution < 1.29 is 107 Å². The summed E-state index contributed by atoms with van der Waals surface area (Å²) >= 11 is 4.92. The van der Waals surface area contributed by atoms with E-state index in [1.165, 1.54) is 86.7 Å². The molecule has 0 aliphatic carbocycles. The molecule has 53 heteroatoms. The fraction of sp³-hybridized carbons (Fsp3) is 0.506. The first-order valence-electron chi connectivity index (χ1n) is 45.9. The third-order valence-corrected chi connectivity index (χ3v) is 24.7. The van der Waals surface area contributed by atoms with Gasteiger partial charge >= 0.3 is 5.97 Å². The highest BCUT2D eigenvalue weighted by Crippen LogP contribution is 2.27. The molecular formula is C89H129N29O22S2. The molecule has 51 nitrogen and oxygen atoms in total. The summed E-state index contributed by atoms with van der Waals surface area (Å²) in [6.45, 7) is 6.27. The van der Waals surface area contributed by atoms with Crippen molar-refractivity contribution in [2.24, 2.45) is 40.5 Å². The van der Waals surface area contributed by atoms with Gasteiger partial charge in [-0.3, -0.25) is 107 Å². The molecule has 35 N–H and O–H groups in total. The minimum Gasteiger partial charge on any atom is -0.508 e. The molecule has 2 aliphatic rings. The Morgan fingerprint density at radius 1 is 0.542 bits per heavy atom. The van der Waals surface area contributed by atoms with Crippen LogP contribution >= 0.6 is 24.6 Å². The number of carbonyl (C=O) groups is 18. The molecule has 16 atom stereocenters. The molecule has 5 aromatic rings. The predicted molar refractivity (Wildman–Crippen MR) is 519 cm³/mol. The van der Waals surface area contributed by atoms with Gasteiger partial charge in [-0.05, 0) is 136 Å². The van der Waals surface area contributed by atoms with Crippen LogP contribution in [0.3, 0.4) is 0 Å². The Bertz CT molecular complexity index is 5290.